The molecule has 4 aromatic rings. The Morgan fingerprint density at radius 3 is 1.91 bits per heavy atom. The van der Waals surface area contributed by atoms with E-state index < -0.39 is 4.92 Å². The molecule has 4 rings (SSSR count). The van der Waals surface area contributed by atoms with E-state index in [0.29, 0.717) is 22.5 Å². The molecule has 0 aliphatic carbocycles. The highest BCUT2D eigenvalue weighted by Gasteiger charge is 2.09. The summed E-state index contributed by atoms with van der Waals surface area (Å²) in [6.45, 7) is 0. The number of hydrogen-bond donors (Lipinski definition) is 3. The minimum Gasteiger partial charge on any atom is -0.324 e. The molecule has 164 valence electrons. The quantitative estimate of drug-likeness (QED) is 0.182. The summed E-state index contributed by atoms with van der Waals surface area (Å²) < 4.78 is 0. The zero-order valence-corrected chi connectivity index (χ0v) is 17.8. The number of halogens is 1. The van der Waals surface area contributed by atoms with Crippen molar-refractivity contribution in [3.63, 3.8) is 0 Å². The van der Waals surface area contributed by atoms with Crippen LogP contribution in [-0.2, 0) is 0 Å². The number of nitrogens with zero attached hydrogens (tertiary/aromatic N) is 5. The van der Waals surface area contributed by atoms with Crippen molar-refractivity contribution in [3.05, 3.63) is 99.6 Å². The van der Waals surface area contributed by atoms with Crippen LogP contribution in [0.5, 0.6) is 0 Å². The number of non-ortho nitro benzene ring substituents is 1. The minimum atomic E-state index is -0.504. The first-order valence-corrected chi connectivity index (χ1v) is 10.1. The van der Waals surface area contributed by atoms with E-state index in [2.05, 4.69) is 36.1 Å². The largest absolute Gasteiger partial charge is 0.324 e. The van der Waals surface area contributed by atoms with Gasteiger partial charge in [-0.15, -0.1) is 0 Å². The molecule has 0 aliphatic rings. The lowest BCUT2D eigenvalue weighted by Gasteiger charge is -2.10. The van der Waals surface area contributed by atoms with Crippen molar-refractivity contribution in [3.8, 4) is 0 Å². The summed E-state index contributed by atoms with van der Waals surface area (Å²) in [6, 6.07) is 23.0. The van der Waals surface area contributed by atoms with Gasteiger partial charge in [0.1, 0.15) is 0 Å². The molecule has 0 fully saturated rings. The standard InChI is InChI=1S/C22H17ClN8O2/c23-19-12-11-18(31(32)33)13-15(19)14-24-30-22-28-20(25-16-7-3-1-4-8-16)27-21(29-22)26-17-9-5-2-6-10-17/h1-14H,(H3,25,26,27,28,29,30)/b24-14+. The van der Waals surface area contributed by atoms with E-state index in [1.54, 1.807) is 0 Å². The van der Waals surface area contributed by atoms with E-state index >= 15 is 0 Å². The lowest BCUT2D eigenvalue weighted by Crippen LogP contribution is -2.07. The summed E-state index contributed by atoms with van der Waals surface area (Å²) in [4.78, 5) is 23.6. The van der Waals surface area contributed by atoms with Gasteiger partial charge in [0.2, 0.25) is 17.8 Å². The molecule has 0 unspecified atom stereocenters. The molecule has 0 atom stereocenters. The first-order chi connectivity index (χ1) is 16.1. The summed E-state index contributed by atoms with van der Waals surface area (Å²) >= 11 is 6.11. The van der Waals surface area contributed by atoms with Crippen LogP contribution in [0, 0.1) is 10.1 Å². The average molecular weight is 461 g/mol. The predicted octanol–water partition coefficient (Wildman–Crippen LogP) is 5.37. The summed E-state index contributed by atoms with van der Waals surface area (Å²) in [7, 11) is 0. The molecule has 10 nitrogen and oxygen atoms in total. The Morgan fingerprint density at radius 1 is 0.818 bits per heavy atom. The van der Waals surface area contributed by atoms with Crippen molar-refractivity contribution >= 4 is 52.7 Å². The van der Waals surface area contributed by atoms with Gasteiger partial charge in [-0.3, -0.25) is 10.1 Å². The molecule has 0 saturated heterocycles. The molecule has 33 heavy (non-hydrogen) atoms. The second-order valence-electron chi connectivity index (χ2n) is 6.62. The van der Waals surface area contributed by atoms with E-state index in [0.717, 1.165) is 11.4 Å². The van der Waals surface area contributed by atoms with Gasteiger partial charge in [0, 0.05) is 34.1 Å². The first-order valence-electron chi connectivity index (χ1n) is 9.70. The number of anilines is 5. The van der Waals surface area contributed by atoms with Gasteiger partial charge < -0.3 is 10.6 Å². The number of benzene rings is 3. The van der Waals surface area contributed by atoms with Crippen LogP contribution in [0.3, 0.4) is 0 Å². The lowest BCUT2D eigenvalue weighted by atomic mass is 10.2. The van der Waals surface area contributed by atoms with Crippen LogP contribution in [0.4, 0.5) is 34.9 Å². The zero-order chi connectivity index (χ0) is 23.0. The van der Waals surface area contributed by atoms with Crippen LogP contribution >= 0.6 is 11.6 Å². The van der Waals surface area contributed by atoms with Gasteiger partial charge in [0.25, 0.3) is 5.69 Å². The monoisotopic (exact) mass is 460 g/mol. The van der Waals surface area contributed by atoms with Gasteiger partial charge in [0.05, 0.1) is 11.1 Å². The Hall–Kier alpha value is -4.57. The molecule has 0 amide bonds. The summed E-state index contributed by atoms with van der Waals surface area (Å²) in [5.74, 6) is 0.737. The van der Waals surface area contributed by atoms with Crippen molar-refractivity contribution in [2.24, 2.45) is 5.10 Å². The van der Waals surface area contributed by atoms with E-state index in [1.165, 1.54) is 24.4 Å². The number of nitro groups is 1. The maximum atomic E-state index is 11.0. The van der Waals surface area contributed by atoms with Gasteiger partial charge in [-0.05, 0) is 30.3 Å². The van der Waals surface area contributed by atoms with Crippen molar-refractivity contribution < 1.29 is 4.92 Å². The average Bonchev–Trinajstić information content (AvgIpc) is 2.81. The third kappa shape index (κ3) is 5.99. The number of hydrogen-bond acceptors (Lipinski definition) is 9. The highest BCUT2D eigenvalue weighted by atomic mass is 35.5. The van der Waals surface area contributed by atoms with Crippen LogP contribution in [0.1, 0.15) is 5.56 Å². The molecule has 0 radical (unpaired) electrons. The van der Waals surface area contributed by atoms with Crippen LogP contribution < -0.4 is 16.1 Å². The summed E-state index contributed by atoms with van der Waals surface area (Å²) in [5, 5.41) is 21.6. The van der Waals surface area contributed by atoms with Crippen LogP contribution in [0.2, 0.25) is 5.02 Å². The van der Waals surface area contributed by atoms with E-state index in [1.807, 2.05) is 60.7 Å². The van der Waals surface area contributed by atoms with Gasteiger partial charge in [0.15, 0.2) is 0 Å². The molecule has 0 aliphatic heterocycles. The fourth-order valence-corrected chi connectivity index (χ4v) is 2.91. The second kappa shape index (κ2) is 10.2. The normalized spacial score (nSPS) is 10.7. The number of para-hydroxylation sites is 2. The summed E-state index contributed by atoms with van der Waals surface area (Å²) in [6.07, 6.45) is 1.35. The zero-order valence-electron chi connectivity index (χ0n) is 17.0. The fourth-order valence-electron chi connectivity index (χ4n) is 2.74. The van der Waals surface area contributed by atoms with Crippen LogP contribution in [0.25, 0.3) is 0 Å². The highest BCUT2D eigenvalue weighted by molar-refractivity contribution is 6.33. The predicted molar refractivity (Wildman–Crippen MR) is 129 cm³/mol. The second-order valence-corrected chi connectivity index (χ2v) is 7.03. The number of nitro benzene ring substituents is 1. The Morgan fingerprint density at radius 2 is 1.36 bits per heavy atom. The molecular weight excluding hydrogens is 444 g/mol. The molecule has 0 spiro atoms. The molecule has 1 aromatic heterocycles. The Bertz CT molecular complexity index is 1230. The molecule has 0 saturated carbocycles. The van der Waals surface area contributed by atoms with Crippen LogP contribution in [0.15, 0.2) is 84.0 Å². The van der Waals surface area contributed by atoms with Crippen molar-refractivity contribution in [2.75, 3.05) is 16.1 Å². The SMILES string of the molecule is O=[N+]([O-])c1ccc(Cl)c(/C=N/Nc2nc(Nc3ccccc3)nc(Nc3ccccc3)n2)c1. The van der Waals surface area contributed by atoms with E-state index in [9.17, 15) is 10.1 Å². The van der Waals surface area contributed by atoms with E-state index in [4.69, 9.17) is 11.6 Å². The summed E-state index contributed by atoms with van der Waals surface area (Å²) in [5.41, 5.74) is 4.60. The third-order valence-electron chi connectivity index (χ3n) is 4.25. The Labute approximate surface area is 193 Å². The molecule has 3 aromatic carbocycles. The van der Waals surface area contributed by atoms with Crippen molar-refractivity contribution in [1.82, 2.24) is 15.0 Å². The van der Waals surface area contributed by atoms with Crippen molar-refractivity contribution in [2.45, 2.75) is 0 Å². The minimum absolute atomic E-state index is 0.0929. The number of hydrazone groups is 1. The van der Waals surface area contributed by atoms with E-state index in [-0.39, 0.29) is 11.6 Å². The number of rotatable bonds is 8. The molecule has 1 heterocycles. The Kier molecular flexibility index (Phi) is 6.67. The van der Waals surface area contributed by atoms with Crippen molar-refractivity contribution in [1.29, 1.82) is 0 Å². The Balaban J connectivity index is 1.59. The molecule has 0 bridgehead atoms. The third-order valence-corrected chi connectivity index (χ3v) is 4.60. The van der Waals surface area contributed by atoms with Gasteiger partial charge in [-0.2, -0.15) is 20.1 Å². The van der Waals surface area contributed by atoms with Gasteiger partial charge >= 0.3 is 0 Å². The molecular formula is C22H17ClN8O2. The maximum Gasteiger partial charge on any atom is 0.270 e. The smallest absolute Gasteiger partial charge is 0.270 e. The number of nitrogens with one attached hydrogen (secondary N) is 3. The maximum absolute atomic E-state index is 11.0. The molecule has 3 N–H and O–H groups in total. The fraction of sp³-hybridized carbons (Fsp3) is 0. The van der Waals surface area contributed by atoms with Gasteiger partial charge in [-0.25, -0.2) is 5.43 Å². The first kappa shape index (κ1) is 21.7. The topological polar surface area (TPSA) is 130 Å². The lowest BCUT2D eigenvalue weighted by molar-refractivity contribution is -0.384. The van der Waals surface area contributed by atoms with Gasteiger partial charge in [-0.1, -0.05) is 48.0 Å². The number of aromatic nitrogens is 3. The van der Waals surface area contributed by atoms with Crippen LogP contribution in [-0.4, -0.2) is 26.1 Å². The molecule has 11 heteroatoms. The highest BCUT2D eigenvalue weighted by Crippen LogP contribution is 2.21.